The molecule has 0 spiro atoms. The van der Waals surface area contributed by atoms with Crippen LogP contribution in [0.3, 0.4) is 0 Å². The first-order valence-electron chi connectivity index (χ1n) is 5.05. The maximum atomic E-state index is 11.3. The molecule has 2 nitrogen and oxygen atoms in total. The summed E-state index contributed by atoms with van der Waals surface area (Å²) in [5, 5.41) is 0. The molecule has 3 heteroatoms. The quantitative estimate of drug-likeness (QED) is 0.783. The third-order valence-electron chi connectivity index (χ3n) is 2.21. The van der Waals surface area contributed by atoms with Gasteiger partial charge >= 0.3 is 5.97 Å². The highest BCUT2D eigenvalue weighted by molar-refractivity contribution is 9.10. The van der Waals surface area contributed by atoms with E-state index < -0.39 is 0 Å². The molecule has 1 unspecified atom stereocenters. The molecular weight excluding hydrogens is 256 g/mol. The zero-order valence-corrected chi connectivity index (χ0v) is 10.6. The van der Waals surface area contributed by atoms with Gasteiger partial charge in [0.05, 0.1) is 13.0 Å². The highest BCUT2D eigenvalue weighted by Gasteiger charge is 2.13. The fourth-order valence-corrected chi connectivity index (χ4v) is 2.13. The van der Waals surface area contributed by atoms with Crippen molar-refractivity contribution in [2.75, 3.05) is 6.61 Å². The van der Waals surface area contributed by atoms with Crippen LogP contribution in [0.15, 0.2) is 28.7 Å². The van der Waals surface area contributed by atoms with Crippen LogP contribution in [0.5, 0.6) is 0 Å². The Labute approximate surface area is 98.8 Å². The first-order valence-corrected chi connectivity index (χ1v) is 5.84. The van der Waals surface area contributed by atoms with Crippen molar-refractivity contribution in [2.24, 2.45) is 0 Å². The molecule has 0 aliphatic carbocycles. The van der Waals surface area contributed by atoms with Gasteiger partial charge in [0.25, 0.3) is 0 Å². The van der Waals surface area contributed by atoms with E-state index in [9.17, 15) is 4.79 Å². The lowest BCUT2D eigenvalue weighted by Gasteiger charge is -2.12. The van der Waals surface area contributed by atoms with Gasteiger partial charge in [-0.15, -0.1) is 0 Å². The zero-order chi connectivity index (χ0) is 11.3. The van der Waals surface area contributed by atoms with Crippen LogP contribution in [0, 0.1) is 0 Å². The molecule has 0 amide bonds. The lowest BCUT2D eigenvalue weighted by molar-refractivity contribution is -0.143. The van der Waals surface area contributed by atoms with Gasteiger partial charge in [-0.25, -0.2) is 0 Å². The van der Waals surface area contributed by atoms with E-state index in [0.29, 0.717) is 13.0 Å². The lowest BCUT2D eigenvalue weighted by Crippen LogP contribution is -2.08. The first-order chi connectivity index (χ1) is 7.15. The van der Waals surface area contributed by atoms with E-state index >= 15 is 0 Å². The number of carbonyl (C=O) groups is 1. The fourth-order valence-electron chi connectivity index (χ4n) is 1.45. The van der Waals surface area contributed by atoms with Crippen molar-refractivity contribution in [3.63, 3.8) is 0 Å². The van der Waals surface area contributed by atoms with Gasteiger partial charge in [-0.3, -0.25) is 4.79 Å². The fraction of sp³-hybridized carbons (Fsp3) is 0.417. The average Bonchev–Trinajstić information content (AvgIpc) is 2.18. The second-order valence-corrected chi connectivity index (χ2v) is 4.29. The molecule has 0 saturated heterocycles. The van der Waals surface area contributed by atoms with Gasteiger partial charge in [-0.2, -0.15) is 0 Å². The number of rotatable bonds is 4. The Morgan fingerprint density at radius 1 is 1.47 bits per heavy atom. The Hall–Kier alpha value is -0.830. The summed E-state index contributed by atoms with van der Waals surface area (Å²) in [4.78, 5) is 11.3. The molecule has 0 saturated carbocycles. The van der Waals surface area contributed by atoms with E-state index in [1.165, 1.54) is 0 Å². The third kappa shape index (κ3) is 3.67. The maximum absolute atomic E-state index is 11.3. The summed E-state index contributed by atoms with van der Waals surface area (Å²) >= 11 is 3.47. The van der Waals surface area contributed by atoms with E-state index in [0.717, 1.165) is 10.0 Å². The van der Waals surface area contributed by atoms with Gasteiger partial charge in [0.2, 0.25) is 0 Å². The highest BCUT2D eigenvalue weighted by Crippen LogP contribution is 2.26. The highest BCUT2D eigenvalue weighted by atomic mass is 79.9. The molecule has 1 rings (SSSR count). The second kappa shape index (κ2) is 5.91. The van der Waals surface area contributed by atoms with Gasteiger partial charge in [-0.1, -0.05) is 41.1 Å². The Balaban J connectivity index is 2.65. The van der Waals surface area contributed by atoms with Crippen molar-refractivity contribution in [1.82, 2.24) is 0 Å². The van der Waals surface area contributed by atoms with Crippen LogP contribution in [0.4, 0.5) is 0 Å². The molecule has 0 heterocycles. The number of hydrogen-bond donors (Lipinski definition) is 0. The Morgan fingerprint density at radius 3 is 2.73 bits per heavy atom. The van der Waals surface area contributed by atoms with E-state index in [1.54, 1.807) is 0 Å². The molecule has 82 valence electrons. The van der Waals surface area contributed by atoms with Crippen molar-refractivity contribution in [3.8, 4) is 0 Å². The topological polar surface area (TPSA) is 26.3 Å². The summed E-state index contributed by atoms with van der Waals surface area (Å²) in [7, 11) is 0. The normalized spacial score (nSPS) is 12.2. The van der Waals surface area contributed by atoms with E-state index in [4.69, 9.17) is 4.74 Å². The number of hydrogen-bond acceptors (Lipinski definition) is 2. The molecular formula is C12H15BrO2. The van der Waals surface area contributed by atoms with Crippen LogP contribution in [-0.2, 0) is 9.53 Å². The van der Waals surface area contributed by atoms with Crippen LogP contribution in [0.2, 0.25) is 0 Å². The van der Waals surface area contributed by atoms with Gasteiger partial charge in [0.1, 0.15) is 0 Å². The molecule has 0 fully saturated rings. The minimum Gasteiger partial charge on any atom is -0.466 e. The molecule has 0 aliphatic heterocycles. The molecule has 1 aromatic carbocycles. The van der Waals surface area contributed by atoms with Crippen molar-refractivity contribution < 1.29 is 9.53 Å². The smallest absolute Gasteiger partial charge is 0.306 e. The standard InChI is InChI=1S/C12H15BrO2/c1-3-15-12(14)8-9(2)10-6-4-5-7-11(10)13/h4-7,9H,3,8H2,1-2H3. The van der Waals surface area contributed by atoms with Gasteiger partial charge < -0.3 is 4.74 Å². The van der Waals surface area contributed by atoms with Crippen LogP contribution < -0.4 is 0 Å². The Kier molecular flexibility index (Phi) is 4.82. The number of ether oxygens (including phenoxy) is 1. The zero-order valence-electron chi connectivity index (χ0n) is 9.00. The summed E-state index contributed by atoms with van der Waals surface area (Å²) in [5.41, 5.74) is 1.14. The molecule has 0 N–H and O–H groups in total. The Bertz CT molecular complexity index is 336. The molecule has 1 aromatic rings. The SMILES string of the molecule is CCOC(=O)CC(C)c1ccccc1Br. The van der Waals surface area contributed by atoms with Crippen LogP contribution in [0.1, 0.15) is 31.7 Å². The average molecular weight is 271 g/mol. The van der Waals surface area contributed by atoms with Crippen LogP contribution in [0.25, 0.3) is 0 Å². The molecule has 0 radical (unpaired) electrons. The third-order valence-corrected chi connectivity index (χ3v) is 2.94. The predicted octanol–water partition coefficient (Wildman–Crippen LogP) is 3.51. The Morgan fingerprint density at radius 2 is 2.13 bits per heavy atom. The summed E-state index contributed by atoms with van der Waals surface area (Å²) in [5.74, 6) is 0.0420. The molecule has 1 atom stereocenters. The molecule has 0 aromatic heterocycles. The monoisotopic (exact) mass is 270 g/mol. The van der Waals surface area contributed by atoms with Gasteiger partial charge in [-0.05, 0) is 24.5 Å². The summed E-state index contributed by atoms with van der Waals surface area (Å²) < 4.78 is 5.96. The number of carbonyl (C=O) groups excluding carboxylic acids is 1. The van der Waals surface area contributed by atoms with Crippen LogP contribution >= 0.6 is 15.9 Å². The predicted molar refractivity (Wildman–Crippen MR) is 63.8 cm³/mol. The summed E-state index contributed by atoms with van der Waals surface area (Å²) in [6.45, 7) is 4.29. The van der Waals surface area contributed by atoms with Crippen molar-refractivity contribution in [1.29, 1.82) is 0 Å². The van der Waals surface area contributed by atoms with E-state index in [1.807, 2.05) is 38.1 Å². The first kappa shape index (κ1) is 12.2. The van der Waals surface area contributed by atoms with Gasteiger partial charge in [0.15, 0.2) is 0 Å². The number of benzene rings is 1. The molecule has 0 bridgehead atoms. The van der Waals surface area contributed by atoms with Crippen LogP contribution in [-0.4, -0.2) is 12.6 Å². The van der Waals surface area contributed by atoms with E-state index in [2.05, 4.69) is 15.9 Å². The van der Waals surface area contributed by atoms with Crippen molar-refractivity contribution in [3.05, 3.63) is 34.3 Å². The molecule has 15 heavy (non-hydrogen) atoms. The minimum atomic E-state index is -0.138. The largest absolute Gasteiger partial charge is 0.466 e. The summed E-state index contributed by atoms with van der Waals surface area (Å²) in [6.07, 6.45) is 0.427. The summed E-state index contributed by atoms with van der Waals surface area (Å²) in [6, 6.07) is 7.94. The maximum Gasteiger partial charge on any atom is 0.306 e. The van der Waals surface area contributed by atoms with Crippen molar-refractivity contribution in [2.45, 2.75) is 26.2 Å². The number of halogens is 1. The lowest BCUT2D eigenvalue weighted by atomic mass is 9.98. The van der Waals surface area contributed by atoms with E-state index in [-0.39, 0.29) is 11.9 Å². The van der Waals surface area contributed by atoms with Gasteiger partial charge in [0, 0.05) is 4.47 Å². The van der Waals surface area contributed by atoms with Crippen molar-refractivity contribution >= 4 is 21.9 Å². The second-order valence-electron chi connectivity index (χ2n) is 3.43. The number of esters is 1. The molecule has 0 aliphatic rings. The minimum absolute atomic E-state index is 0.138.